The lowest BCUT2D eigenvalue weighted by Gasteiger charge is -2.32. The summed E-state index contributed by atoms with van der Waals surface area (Å²) in [4.78, 5) is 0. The van der Waals surface area contributed by atoms with Gasteiger partial charge in [0.2, 0.25) is 9.78 Å². The van der Waals surface area contributed by atoms with Crippen molar-refractivity contribution >= 4 is 73.1 Å². The molecule has 0 saturated heterocycles. The summed E-state index contributed by atoms with van der Waals surface area (Å²) in [5.74, 6) is -7.48. The minimum Gasteiger partial charge on any atom is -0.295 e. The van der Waals surface area contributed by atoms with Gasteiger partial charge in [-0.1, -0.05) is 50.5 Å². The van der Waals surface area contributed by atoms with E-state index in [1.807, 2.05) is 0 Å². The topological polar surface area (TPSA) is 12.0 Å². The Morgan fingerprint density at radius 3 is 1.83 bits per heavy atom. The Morgan fingerprint density at radius 2 is 1.50 bits per heavy atom. The summed E-state index contributed by atoms with van der Waals surface area (Å²) in [5.41, 5.74) is 0. The average molecular weight is 617 g/mol. The second-order valence-electron chi connectivity index (χ2n) is 2.61. The summed E-state index contributed by atoms with van der Waals surface area (Å²) < 4.78 is 91.7. The van der Waals surface area contributed by atoms with Crippen LogP contribution in [0.5, 0.6) is 0 Å². The minimum atomic E-state index is -5.28. The van der Waals surface area contributed by atoms with Gasteiger partial charge in [-0.3, -0.25) is 5.32 Å². The Bertz CT molecular complexity index is 379. The number of nitrogens with one attached hydrogen (secondary N) is 1. The molecule has 0 aromatic rings. The Hall–Kier alpha value is 0.980. The fourth-order valence-electron chi connectivity index (χ4n) is 0.584. The zero-order valence-electron chi connectivity index (χ0n) is 8.19. The van der Waals surface area contributed by atoms with E-state index in [0.717, 1.165) is 0 Å². The minimum absolute atomic E-state index is 0.375. The second kappa shape index (κ2) is 6.62. The molecule has 0 rings (SSSR count). The van der Waals surface area contributed by atoms with E-state index >= 15 is 0 Å². The van der Waals surface area contributed by atoms with Crippen LogP contribution in [0.2, 0.25) is 0 Å². The fourth-order valence-corrected chi connectivity index (χ4v) is 2.21. The molecule has 0 aromatic heterocycles. The van der Waals surface area contributed by atoms with Crippen molar-refractivity contribution in [2.75, 3.05) is 0 Å². The van der Waals surface area contributed by atoms with Gasteiger partial charge >= 0.3 is 12.0 Å². The third kappa shape index (κ3) is 3.99. The third-order valence-corrected chi connectivity index (χ3v) is 6.86. The highest BCUT2D eigenvalue weighted by Gasteiger charge is 2.69. The van der Waals surface area contributed by atoms with E-state index in [1.54, 1.807) is 0 Å². The van der Waals surface area contributed by atoms with Crippen LogP contribution in [0.15, 0.2) is 9.78 Å². The van der Waals surface area contributed by atoms with Gasteiger partial charge in [-0.2, -0.15) is 26.3 Å². The maximum absolute atomic E-state index is 13.3. The van der Waals surface area contributed by atoms with E-state index in [4.69, 9.17) is 0 Å². The largest absolute Gasteiger partial charge is 0.393 e. The highest BCUT2D eigenvalue weighted by Crippen LogP contribution is 2.53. The standard InChI is InChI=1S/C7H5F7I3N/c1-16-3(8)4(9)18-6(12,13)5(10,11)7(14,15)17-2/h18H,1-2H2/b4-3+. The van der Waals surface area contributed by atoms with E-state index in [2.05, 4.69) is 9.03 Å². The smallest absolute Gasteiger partial charge is 0.295 e. The molecule has 0 heterocycles. The SMILES string of the molecule is C=I/C(F)=C(\F)NC(F)(F)C(F)(F)C(F)(I)I=C. The van der Waals surface area contributed by atoms with Crippen LogP contribution in [0.3, 0.4) is 0 Å². The molecule has 0 fully saturated rings. The lowest BCUT2D eigenvalue weighted by Crippen LogP contribution is -2.57. The molecular formula is C7H5F7I3N. The predicted octanol–water partition coefficient (Wildman–Crippen LogP) is 4.73. The summed E-state index contributed by atoms with van der Waals surface area (Å²) in [6.45, 7) is 0. The summed E-state index contributed by atoms with van der Waals surface area (Å²) >= 11 is -3.46. The number of alkyl halides is 7. The lowest BCUT2D eigenvalue weighted by molar-refractivity contribution is -0.237. The van der Waals surface area contributed by atoms with Crippen molar-refractivity contribution in [2.45, 2.75) is 13.7 Å². The molecular weight excluding hydrogens is 612 g/mol. The van der Waals surface area contributed by atoms with Crippen molar-refractivity contribution in [1.29, 1.82) is 0 Å². The Morgan fingerprint density at radius 1 is 1.06 bits per heavy atom. The molecule has 1 atom stereocenters. The van der Waals surface area contributed by atoms with Crippen LogP contribution in [0.25, 0.3) is 0 Å². The lowest BCUT2D eigenvalue weighted by atomic mass is 10.3. The van der Waals surface area contributed by atoms with Crippen LogP contribution < -0.4 is 5.32 Å². The zero-order valence-corrected chi connectivity index (χ0v) is 14.7. The van der Waals surface area contributed by atoms with Gasteiger partial charge < -0.3 is 0 Å². The van der Waals surface area contributed by atoms with Crippen molar-refractivity contribution in [3.8, 4) is 0 Å². The first-order chi connectivity index (χ1) is 7.93. The molecule has 0 saturated carbocycles. The molecule has 0 aliphatic rings. The first kappa shape index (κ1) is 19.0. The number of hydrogen-bond donors (Lipinski definition) is 1. The van der Waals surface area contributed by atoms with Gasteiger partial charge in [-0.25, -0.2) is 4.39 Å². The Balaban J connectivity index is 5.40. The van der Waals surface area contributed by atoms with Crippen LogP contribution in [0, 0.1) is 0 Å². The maximum Gasteiger partial charge on any atom is 0.393 e. The van der Waals surface area contributed by atoms with Crippen molar-refractivity contribution in [1.82, 2.24) is 5.32 Å². The molecule has 0 aromatic carbocycles. The molecule has 1 N–H and O–H groups in total. The van der Waals surface area contributed by atoms with E-state index in [1.165, 1.54) is 0 Å². The third-order valence-electron chi connectivity index (χ3n) is 1.47. The van der Waals surface area contributed by atoms with Crippen molar-refractivity contribution in [3.05, 3.63) is 9.78 Å². The summed E-state index contributed by atoms with van der Waals surface area (Å²) in [6.07, 6.45) is 0. The highest BCUT2D eigenvalue weighted by atomic mass is 127. The number of halogens is 10. The molecule has 108 valence electrons. The molecule has 1 unspecified atom stereocenters. The normalized spacial score (nSPS) is 18.0. The van der Waals surface area contributed by atoms with Crippen molar-refractivity contribution < 1.29 is 30.7 Å². The van der Waals surface area contributed by atoms with Gasteiger partial charge in [-0.15, -0.1) is 0 Å². The van der Waals surface area contributed by atoms with Crippen LogP contribution in [0.1, 0.15) is 0 Å². The van der Waals surface area contributed by atoms with E-state index in [-0.39, 0.29) is 0 Å². The van der Waals surface area contributed by atoms with Gasteiger partial charge in [-0.05, 0) is 22.6 Å². The molecule has 0 amide bonds. The van der Waals surface area contributed by atoms with Crippen molar-refractivity contribution in [3.63, 3.8) is 0 Å². The van der Waals surface area contributed by atoms with Crippen LogP contribution in [-0.4, -0.2) is 22.7 Å². The molecule has 18 heavy (non-hydrogen) atoms. The first-order valence-electron chi connectivity index (χ1n) is 3.67. The molecule has 0 aliphatic heterocycles. The average Bonchev–Trinajstić information content (AvgIpc) is 2.26. The molecule has 0 bridgehead atoms. The number of rotatable bonds is 6. The zero-order chi connectivity index (χ0) is 14.8. The Labute approximate surface area is 131 Å². The van der Waals surface area contributed by atoms with Crippen LogP contribution in [-0.2, 0) is 0 Å². The molecule has 0 radical (unpaired) electrons. The quantitative estimate of drug-likeness (QED) is 0.197. The van der Waals surface area contributed by atoms with E-state index in [0.29, 0.717) is 27.9 Å². The number of hydrogen-bond acceptors (Lipinski definition) is 1. The van der Waals surface area contributed by atoms with E-state index in [9.17, 15) is 30.7 Å². The fraction of sp³-hybridized carbons (Fsp3) is 0.429. The second-order valence-corrected chi connectivity index (χ2v) is 10.1. The molecule has 1 nitrogen and oxygen atoms in total. The highest BCUT2D eigenvalue weighted by molar-refractivity contribution is 14.2. The summed E-state index contributed by atoms with van der Waals surface area (Å²) in [6, 6.07) is -5.28. The molecule has 0 aliphatic carbocycles. The summed E-state index contributed by atoms with van der Waals surface area (Å²) in [7, 11) is 0. The van der Waals surface area contributed by atoms with Crippen LogP contribution in [0.4, 0.5) is 30.7 Å². The van der Waals surface area contributed by atoms with E-state index < -0.39 is 64.9 Å². The summed E-state index contributed by atoms with van der Waals surface area (Å²) in [5, 5.41) is 0.375. The van der Waals surface area contributed by atoms with Gasteiger partial charge in [0, 0.05) is 0 Å². The Kier molecular flexibility index (Phi) is 6.98. The van der Waals surface area contributed by atoms with Crippen LogP contribution >= 0.6 is 64.1 Å². The molecule has 11 heteroatoms. The van der Waals surface area contributed by atoms with Gasteiger partial charge in [0.1, 0.15) is 0 Å². The molecule has 0 spiro atoms. The monoisotopic (exact) mass is 617 g/mol. The predicted molar refractivity (Wildman–Crippen MR) is 82.4 cm³/mol. The van der Waals surface area contributed by atoms with Gasteiger partial charge in [0.05, 0.1) is 0 Å². The first-order valence-corrected chi connectivity index (χ1v) is 9.96. The van der Waals surface area contributed by atoms with Crippen molar-refractivity contribution in [2.24, 2.45) is 0 Å². The maximum atomic E-state index is 13.3. The van der Waals surface area contributed by atoms with Gasteiger partial charge in [0.15, 0.2) is 0 Å². The van der Waals surface area contributed by atoms with Gasteiger partial charge in [0.25, 0.3) is 1.68 Å².